The van der Waals surface area contributed by atoms with E-state index in [0.717, 1.165) is 47.8 Å². The lowest BCUT2D eigenvalue weighted by Gasteiger charge is -2.15. The van der Waals surface area contributed by atoms with Gasteiger partial charge in [-0.05, 0) is 30.7 Å². The molecule has 1 aliphatic rings. The van der Waals surface area contributed by atoms with Gasteiger partial charge in [-0.1, -0.05) is 0 Å². The maximum atomic E-state index is 10.5. The van der Waals surface area contributed by atoms with Crippen molar-refractivity contribution in [3.63, 3.8) is 0 Å². The van der Waals surface area contributed by atoms with Crippen molar-refractivity contribution >= 4 is 0 Å². The number of aromatic nitrogens is 4. The Labute approximate surface area is 158 Å². The number of nitrogens with zero attached hydrogens (tertiary/aromatic N) is 4. The van der Waals surface area contributed by atoms with E-state index in [1.165, 1.54) is 0 Å². The number of aliphatic hydroxyl groups is 1. The van der Waals surface area contributed by atoms with Crippen LogP contribution in [-0.4, -0.2) is 56.5 Å². The second-order valence-electron chi connectivity index (χ2n) is 6.92. The summed E-state index contributed by atoms with van der Waals surface area (Å²) >= 11 is 0. The molecule has 0 aliphatic carbocycles. The van der Waals surface area contributed by atoms with E-state index in [1.807, 2.05) is 30.5 Å². The second kappa shape index (κ2) is 7.85. The van der Waals surface area contributed by atoms with Crippen molar-refractivity contribution < 1.29 is 9.84 Å². The van der Waals surface area contributed by atoms with Crippen molar-refractivity contribution in [2.75, 3.05) is 20.2 Å². The molecule has 2 N–H and O–H groups in total. The third kappa shape index (κ3) is 3.99. The Morgan fingerprint density at radius 3 is 2.78 bits per heavy atom. The summed E-state index contributed by atoms with van der Waals surface area (Å²) < 4.78 is 5.23. The predicted octanol–water partition coefficient (Wildman–Crippen LogP) is 1.91. The summed E-state index contributed by atoms with van der Waals surface area (Å²) in [6.45, 7) is 2.22. The van der Waals surface area contributed by atoms with Gasteiger partial charge in [-0.3, -0.25) is 20.0 Å². The molecule has 7 nitrogen and oxygen atoms in total. The summed E-state index contributed by atoms with van der Waals surface area (Å²) in [4.78, 5) is 10.7. The van der Waals surface area contributed by atoms with Gasteiger partial charge in [0, 0.05) is 55.3 Å². The van der Waals surface area contributed by atoms with Crippen molar-refractivity contribution in [1.29, 1.82) is 0 Å². The van der Waals surface area contributed by atoms with Crippen LogP contribution in [0.25, 0.3) is 11.3 Å². The molecule has 2 aromatic heterocycles. The minimum absolute atomic E-state index is 0.165. The van der Waals surface area contributed by atoms with Crippen LogP contribution in [0, 0.1) is 5.92 Å². The molecule has 2 atom stereocenters. The highest BCUT2D eigenvalue weighted by atomic mass is 16.5. The molecule has 1 aliphatic heterocycles. The van der Waals surface area contributed by atoms with E-state index < -0.39 is 0 Å². The van der Waals surface area contributed by atoms with Gasteiger partial charge in [0.15, 0.2) is 0 Å². The molecule has 0 spiro atoms. The van der Waals surface area contributed by atoms with Crippen molar-refractivity contribution in [2.45, 2.75) is 19.1 Å². The van der Waals surface area contributed by atoms with Crippen molar-refractivity contribution in [1.82, 2.24) is 25.1 Å². The molecular weight excluding hydrogens is 342 g/mol. The van der Waals surface area contributed by atoms with Gasteiger partial charge in [-0.2, -0.15) is 5.10 Å². The highest BCUT2D eigenvalue weighted by molar-refractivity contribution is 5.63. The van der Waals surface area contributed by atoms with E-state index >= 15 is 0 Å². The van der Waals surface area contributed by atoms with Gasteiger partial charge in [0.2, 0.25) is 0 Å². The van der Waals surface area contributed by atoms with E-state index in [2.05, 4.69) is 25.1 Å². The van der Waals surface area contributed by atoms with Crippen LogP contribution in [0.5, 0.6) is 5.75 Å². The van der Waals surface area contributed by atoms with Gasteiger partial charge in [-0.25, -0.2) is 0 Å². The van der Waals surface area contributed by atoms with Gasteiger partial charge in [0.1, 0.15) is 5.75 Å². The molecule has 1 aromatic carbocycles. The van der Waals surface area contributed by atoms with Crippen LogP contribution in [0.2, 0.25) is 0 Å². The standard InChI is InChI=1S/C20H23N5O2/c1-27-18-4-2-14(3-5-18)20-16(9-23-24-20)12-25-11-15(19(26)13-25)8-17-10-21-6-7-22-17/h2-7,9-10,15,19,26H,8,11-13H2,1H3,(H,23,24)/t15-,19-/m1/s1. The maximum Gasteiger partial charge on any atom is 0.118 e. The van der Waals surface area contributed by atoms with Crippen molar-refractivity contribution in [3.05, 3.63) is 60.3 Å². The minimum atomic E-state index is -0.358. The molecule has 140 valence electrons. The largest absolute Gasteiger partial charge is 0.497 e. The summed E-state index contributed by atoms with van der Waals surface area (Å²) in [5, 5.41) is 17.8. The molecular formula is C20H23N5O2. The molecule has 0 amide bonds. The van der Waals surface area contributed by atoms with Gasteiger partial charge in [0.25, 0.3) is 0 Å². The number of ether oxygens (including phenoxy) is 1. The van der Waals surface area contributed by atoms with E-state index in [4.69, 9.17) is 4.74 Å². The van der Waals surface area contributed by atoms with E-state index in [9.17, 15) is 5.11 Å². The zero-order chi connectivity index (χ0) is 18.6. The lowest BCUT2D eigenvalue weighted by atomic mass is 10.0. The number of aliphatic hydroxyl groups excluding tert-OH is 1. The number of benzene rings is 1. The highest BCUT2D eigenvalue weighted by Gasteiger charge is 2.32. The van der Waals surface area contributed by atoms with Crippen LogP contribution in [0.1, 0.15) is 11.3 Å². The number of nitrogens with one attached hydrogen (secondary N) is 1. The Bertz CT molecular complexity index is 866. The fourth-order valence-electron chi connectivity index (χ4n) is 3.65. The monoisotopic (exact) mass is 365 g/mol. The van der Waals surface area contributed by atoms with E-state index in [-0.39, 0.29) is 12.0 Å². The van der Waals surface area contributed by atoms with Crippen molar-refractivity contribution in [3.8, 4) is 17.0 Å². The van der Waals surface area contributed by atoms with Crippen LogP contribution in [0.4, 0.5) is 0 Å². The third-order valence-electron chi connectivity index (χ3n) is 5.06. The summed E-state index contributed by atoms with van der Waals surface area (Å²) in [6, 6.07) is 7.92. The average Bonchev–Trinajstić information content (AvgIpc) is 3.29. The zero-order valence-corrected chi connectivity index (χ0v) is 15.2. The molecule has 1 fully saturated rings. The van der Waals surface area contributed by atoms with Crippen LogP contribution < -0.4 is 4.74 Å². The molecule has 0 bridgehead atoms. The Morgan fingerprint density at radius 2 is 2.04 bits per heavy atom. The van der Waals surface area contributed by atoms with Crippen LogP contribution in [-0.2, 0) is 13.0 Å². The lowest BCUT2D eigenvalue weighted by molar-refractivity contribution is 0.140. The molecule has 0 radical (unpaired) electrons. The van der Waals surface area contributed by atoms with Gasteiger partial charge in [0.05, 0.1) is 30.8 Å². The number of rotatable bonds is 6. The summed E-state index contributed by atoms with van der Waals surface area (Å²) in [6.07, 6.45) is 7.38. The third-order valence-corrected chi connectivity index (χ3v) is 5.06. The number of hydrogen-bond donors (Lipinski definition) is 2. The Morgan fingerprint density at radius 1 is 1.19 bits per heavy atom. The normalized spacial score (nSPS) is 20.1. The van der Waals surface area contributed by atoms with E-state index in [0.29, 0.717) is 6.54 Å². The molecule has 1 saturated heterocycles. The fourth-order valence-corrected chi connectivity index (χ4v) is 3.65. The van der Waals surface area contributed by atoms with E-state index in [1.54, 1.807) is 25.7 Å². The molecule has 7 heteroatoms. The fraction of sp³-hybridized carbons (Fsp3) is 0.350. The maximum absolute atomic E-state index is 10.5. The number of aromatic amines is 1. The van der Waals surface area contributed by atoms with Crippen molar-refractivity contribution in [2.24, 2.45) is 5.92 Å². The molecule has 0 saturated carbocycles. The summed E-state index contributed by atoms with van der Waals surface area (Å²) in [7, 11) is 1.66. The van der Waals surface area contributed by atoms with Crippen LogP contribution in [0.3, 0.4) is 0 Å². The first-order chi connectivity index (χ1) is 13.2. The lowest BCUT2D eigenvalue weighted by Crippen LogP contribution is -2.21. The SMILES string of the molecule is COc1ccc(-c2[nH]ncc2CN2C[C@@H](Cc3cnccn3)[C@H](O)C2)cc1. The first-order valence-electron chi connectivity index (χ1n) is 9.05. The number of β-amino-alcohol motifs (C(OH)–C–C–N with tert-alkyl or cyclic N) is 1. The smallest absolute Gasteiger partial charge is 0.118 e. The predicted molar refractivity (Wildman–Crippen MR) is 101 cm³/mol. The first-order valence-corrected chi connectivity index (χ1v) is 9.05. The zero-order valence-electron chi connectivity index (χ0n) is 15.2. The molecule has 4 rings (SSSR count). The van der Waals surface area contributed by atoms with Gasteiger partial charge in [-0.15, -0.1) is 0 Å². The topological polar surface area (TPSA) is 87.2 Å². The van der Waals surface area contributed by atoms with Crippen LogP contribution in [0.15, 0.2) is 49.1 Å². The average molecular weight is 365 g/mol. The molecule has 3 aromatic rings. The molecule has 27 heavy (non-hydrogen) atoms. The quantitative estimate of drug-likeness (QED) is 0.694. The first kappa shape index (κ1) is 17.6. The Balaban J connectivity index is 1.43. The Kier molecular flexibility index (Phi) is 5.13. The van der Waals surface area contributed by atoms with Gasteiger partial charge >= 0.3 is 0 Å². The highest BCUT2D eigenvalue weighted by Crippen LogP contribution is 2.27. The second-order valence-corrected chi connectivity index (χ2v) is 6.92. The summed E-state index contributed by atoms with van der Waals surface area (Å²) in [5.41, 5.74) is 4.11. The molecule has 3 heterocycles. The molecule has 0 unspecified atom stereocenters. The number of hydrogen-bond acceptors (Lipinski definition) is 6. The van der Waals surface area contributed by atoms with Crippen LogP contribution >= 0.6 is 0 Å². The Hall–Kier alpha value is -2.77. The van der Waals surface area contributed by atoms with Gasteiger partial charge < -0.3 is 9.84 Å². The number of likely N-dealkylation sites (tertiary alicyclic amines) is 1. The number of H-pyrrole nitrogens is 1. The number of methoxy groups -OCH3 is 1. The summed E-state index contributed by atoms with van der Waals surface area (Å²) in [5.74, 6) is 0.993. The minimum Gasteiger partial charge on any atom is -0.497 e.